The second-order valence-electron chi connectivity index (χ2n) is 6.79. The highest BCUT2D eigenvalue weighted by molar-refractivity contribution is 5.78. The maximum atomic E-state index is 10.0. The minimum Gasteiger partial charge on any atom is -0.298 e. The van der Waals surface area contributed by atoms with Gasteiger partial charge in [-0.3, -0.25) is 4.79 Å². The molecular weight excluding hydrogens is 316 g/mol. The Morgan fingerprint density at radius 3 is 2.31 bits per heavy atom. The molecule has 0 atom stereocenters. The van der Waals surface area contributed by atoms with Crippen molar-refractivity contribution in [3.63, 3.8) is 0 Å². The first kappa shape index (κ1) is 16.5. The Labute approximate surface area is 155 Å². The number of aryl methyl sites for hydroxylation is 2. The predicted molar refractivity (Wildman–Crippen MR) is 108 cm³/mol. The summed E-state index contributed by atoms with van der Waals surface area (Å²) in [5.74, 6) is 0. The van der Waals surface area contributed by atoms with Crippen molar-refractivity contribution in [3.05, 3.63) is 101 Å². The summed E-state index contributed by atoms with van der Waals surface area (Å²) in [5, 5.41) is 0. The molecule has 0 radical (unpaired) electrons. The number of allylic oxidation sites excluding steroid dienone is 1. The summed E-state index contributed by atoms with van der Waals surface area (Å²) in [5.41, 5.74) is 9.76. The van der Waals surface area contributed by atoms with Gasteiger partial charge in [0.1, 0.15) is 6.29 Å². The minimum atomic E-state index is 0.729. The zero-order valence-electron chi connectivity index (χ0n) is 14.8. The lowest BCUT2D eigenvalue weighted by molar-refractivity contribution is 0.112. The topological polar surface area (TPSA) is 17.1 Å². The van der Waals surface area contributed by atoms with Crippen molar-refractivity contribution >= 4 is 12.4 Å². The van der Waals surface area contributed by atoms with Gasteiger partial charge < -0.3 is 0 Å². The lowest BCUT2D eigenvalue weighted by atomic mass is 9.80. The van der Waals surface area contributed by atoms with E-state index in [9.17, 15) is 4.79 Å². The van der Waals surface area contributed by atoms with Crippen LogP contribution in [0.3, 0.4) is 0 Å². The lowest BCUT2D eigenvalue weighted by Gasteiger charge is -2.24. The molecule has 1 nitrogen and oxygen atoms in total. The van der Waals surface area contributed by atoms with E-state index in [-0.39, 0.29) is 0 Å². The van der Waals surface area contributed by atoms with Gasteiger partial charge in [0, 0.05) is 5.56 Å². The average Bonchev–Trinajstić information content (AvgIpc) is 2.74. The van der Waals surface area contributed by atoms with Crippen LogP contribution in [0.1, 0.15) is 39.0 Å². The Morgan fingerprint density at radius 1 is 0.692 bits per heavy atom. The minimum absolute atomic E-state index is 0.729. The summed E-state index contributed by atoms with van der Waals surface area (Å²) in [6.07, 6.45) is 10.3. The van der Waals surface area contributed by atoms with Gasteiger partial charge in [0.2, 0.25) is 0 Å². The van der Waals surface area contributed by atoms with Crippen LogP contribution in [0.4, 0.5) is 0 Å². The number of fused-ring (bicyclic) bond motifs is 5. The molecule has 0 amide bonds. The molecular formula is C25H22O. The van der Waals surface area contributed by atoms with E-state index >= 15 is 0 Å². The molecule has 0 heterocycles. The van der Waals surface area contributed by atoms with Crippen LogP contribution in [-0.2, 0) is 19.3 Å². The molecule has 0 fully saturated rings. The van der Waals surface area contributed by atoms with Gasteiger partial charge >= 0.3 is 0 Å². The molecule has 0 saturated heterocycles. The van der Waals surface area contributed by atoms with Crippen molar-refractivity contribution in [2.75, 3.05) is 0 Å². The third-order valence-electron chi connectivity index (χ3n) is 5.20. The molecule has 0 bridgehead atoms. The highest BCUT2D eigenvalue weighted by atomic mass is 16.1. The van der Waals surface area contributed by atoms with Crippen molar-refractivity contribution in [2.24, 2.45) is 0 Å². The van der Waals surface area contributed by atoms with Crippen LogP contribution >= 0.6 is 0 Å². The third-order valence-corrected chi connectivity index (χ3v) is 5.20. The molecule has 128 valence electrons. The van der Waals surface area contributed by atoms with E-state index in [0.29, 0.717) is 0 Å². The summed E-state index contributed by atoms with van der Waals surface area (Å²) in [6.45, 7) is 0. The summed E-state index contributed by atoms with van der Waals surface area (Å²) >= 11 is 0. The number of carbonyl (C=O) groups excluding carboxylic acids is 1. The van der Waals surface area contributed by atoms with Crippen molar-refractivity contribution in [1.82, 2.24) is 0 Å². The molecule has 2 aliphatic rings. The SMILES string of the molecule is C1=Cc2c(ccc3c2CCc2ccccc2-3)CC1.O=Cc1ccccc1. The molecule has 0 spiro atoms. The molecule has 0 aromatic heterocycles. The van der Waals surface area contributed by atoms with Crippen LogP contribution in [0.5, 0.6) is 0 Å². The molecule has 0 aliphatic heterocycles. The van der Waals surface area contributed by atoms with Gasteiger partial charge in [-0.15, -0.1) is 0 Å². The quantitative estimate of drug-likeness (QED) is 0.504. The van der Waals surface area contributed by atoms with Crippen LogP contribution in [0.15, 0.2) is 72.8 Å². The third kappa shape index (κ3) is 3.25. The molecule has 0 saturated carbocycles. The molecule has 5 rings (SSSR count). The fourth-order valence-electron chi connectivity index (χ4n) is 3.89. The first-order valence-electron chi connectivity index (χ1n) is 9.26. The maximum Gasteiger partial charge on any atom is 0.150 e. The van der Waals surface area contributed by atoms with E-state index in [2.05, 4.69) is 48.6 Å². The smallest absolute Gasteiger partial charge is 0.150 e. The largest absolute Gasteiger partial charge is 0.298 e. The van der Waals surface area contributed by atoms with Gasteiger partial charge in [-0.2, -0.15) is 0 Å². The summed E-state index contributed by atoms with van der Waals surface area (Å²) in [6, 6.07) is 22.6. The number of carbonyl (C=O) groups is 1. The molecule has 0 N–H and O–H groups in total. The highest BCUT2D eigenvalue weighted by Crippen LogP contribution is 2.38. The highest BCUT2D eigenvalue weighted by Gasteiger charge is 2.19. The zero-order chi connectivity index (χ0) is 17.8. The normalized spacial score (nSPS) is 13.5. The number of hydrogen-bond acceptors (Lipinski definition) is 1. The Hall–Kier alpha value is -2.93. The first-order chi connectivity index (χ1) is 12.9. The van der Waals surface area contributed by atoms with Crippen molar-refractivity contribution in [3.8, 4) is 11.1 Å². The van der Waals surface area contributed by atoms with Gasteiger partial charge in [-0.1, -0.05) is 78.9 Å². The standard InChI is InChI=1S/C18H16.C7H6O/c1-3-7-15-13(5-1)9-11-18-16-8-4-2-6-14(16)10-12-17(15)18;8-6-7-4-2-1-3-5-7/h1,3-5,7-8,10,12H,2,6,9,11H2;1-6H. The second kappa shape index (κ2) is 7.53. The van der Waals surface area contributed by atoms with Gasteiger partial charge in [-0.25, -0.2) is 0 Å². The number of aldehydes is 1. The summed E-state index contributed by atoms with van der Waals surface area (Å²) < 4.78 is 0. The van der Waals surface area contributed by atoms with Gasteiger partial charge in [0.25, 0.3) is 0 Å². The fraction of sp³-hybridized carbons (Fsp3) is 0.160. The monoisotopic (exact) mass is 338 g/mol. The Balaban J connectivity index is 0.000000178. The Kier molecular flexibility index (Phi) is 4.79. The van der Waals surface area contributed by atoms with Crippen molar-refractivity contribution < 1.29 is 4.79 Å². The van der Waals surface area contributed by atoms with E-state index in [1.807, 2.05) is 18.2 Å². The molecule has 1 heteroatoms. The first-order valence-corrected chi connectivity index (χ1v) is 9.26. The summed E-state index contributed by atoms with van der Waals surface area (Å²) in [7, 11) is 0. The van der Waals surface area contributed by atoms with Gasteiger partial charge in [0.15, 0.2) is 0 Å². The predicted octanol–water partition coefficient (Wildman–Crippen LogP) is 5.91. The molecule has 2 aliphatic carbocycles. The molecule has 26 heavy (non-hydrogen) atoms. The summed E-state index contributed by atoms with van der Waals surface area (Å²) in [4.78, 5) is 10.0. The number of hydrogen-bond donors (Lipinski definition) is 0. The van der Waals surface area contributed by atoms with Crippen LogP contribution in [0, 0.1) is 0 Å². The second-order valence-corrected chi connectivity index (χ2v) is 6.79. The van der Waals surface area contributed by atoms with Gasteiger partial charge in [-0.05, 0) is 59.1 Å². The molecule has 3 aromatic rings. The van der Waals surface area contributed by atoms with Gasteiger partial charge in [0.05, 0.1) is 0 Å². The van der Waals surface area contributed by atoms with Crippen LogP contribution < -0.4 is 0 Å². The van der Waals surface area contributed by atoms with Crippen LogP contribution in [0.25, 0.3) is 17.2 Å². The van der Waals surface area contributed by atoms with E-state index in [1.165, 1.54) is 53.5 Å². The maximum absolute atomic E-state index is 10.0. The molecule has 3 aromatic carbocycles. The lowest BCUT2D eigenvalue weighted by Crippen LogP contribution is -2.08. The number of rotatable bonds is 1. The molecule has 0 unspecified atom stereocenters. The Bertz CT molecular complexity index is 951. The average molecular weight is 338 g/mol. The van der Waals surface area contributed by atoms with Crippen molar-refractivity contribution in [2.45, 2.75) is 25.7 Å². The zero-order valence-corrected chi connectivity index (χ0v) is 14.8. The van der Waals surface area contributed by atoms with Crippen molar-refractivity contribution in [1.29, 1.82) is 0 Å². The number of benzene rings is 3. The van der Waals surface area contributed by atoms with E-state index in [1.54, 1.807) is 17.7 Å². The Morgan fingerprint density at radius 2 is 1.50 bits per heavy atom. The van der Waals surface area contributed by atoms with E-state index < -0.39 is 0 Å². The van der Waals surface area contributed by atoms with E-state index in [4.69, 9.17) is 0 Å². The van der Waals surface area contributed by atoms with E-state index in [0.717, 1.165) is 11.8 Å². The fourth-order valence-corrected chi connectivity index (χ4v) is 3.89. The van der Waals surface area contributed by atoms with Crippen LogP contribution in [-0.4, -0.2) is 6.29 Å². The van der Waals surface area contributed by atoms with Crippen LogP contribution in [0.2, 0.25) is 0 Å².